The fraction of sp³-hybridized carbons (Fsp3) is 0.478. The average Bonchev–Trinajstić information content (AvgIpc) is 2.67. The molecule has 0 radical (unpaired) electrons. The molecule has 24 heavy (non-hydrogen) atoms. The van der Waals surface area contributed by atoms with Crippen LogP contribution in [0.2, 0.25) is 0 Å². The van der Waals surface area contributed by atoms with Gasteiger partial charge >= 0.3 is 0 Å². The second-order valence-corrected chi connectivity index (χ2v) is 7.24. The highest BCUT2D eigenvalue weighted by atomic mass is 19.1. The van der Waals surface area contributed by atoms with Crippen molar-refractivity contribution in [2.24, 2.45) is 5.92 Å². The Labute approximate surface area is 146 Å². The van der Waals surface area contributed by atoms with Crippen LogP contribution < -0.4 is 0 Å². The first-order chi connectivity index (χ1) is 11.9. The van der Waals surface area contributed by atoms with Gasteiger partial charge in [0.15, 0.2) is 0 Å². The zero-order valence-corrected chi connectivity index (χ0v) is 14.6. The molecule has 1 saturated carbocycles. The first-order valence-electron chi connectivity index (χ1n) is 9.58. The molecule has 0 bridgehead atoms. The van der Waals surface area contributed by atoms with Crippen molar-refractivity contribution in [1.82, 2.24) is 0 Å². The first-order valence-corrected chi connectivity index (χ1v) is 9.58. The summed E-state index contributed by atoms with van der Waals surface area (Å²) < 4.78 is 12.1. The van der Waals surface area contributed by atoms with E-state index < -0.39 is 0 Å². The van der Waals surface area contributed by atoms with Gasteiger partial charge in [-0.25, -0.2) is 0 Å². The van der Waals surface area contributed by atoms with Crippen LogP contribution in [0, 0.1) is 5.92 Å². The summed E-state index contributed by atoms with van der Waals surface area (Å²) in [6.07, 6.45) is 9.67. The van der Waals surface area contributed by atoms with Crippen LogP contribution in [-0.4, -0.2) is 6.67 Å². The molecule has 0 saturated heterocycles. The average molecular weight is 324 g/mol. The van der Waals surface area contributed by atoms with E-state index in [1.165, 1.54) is 55.2 Å². The van der Waals surface area contributed by atoms with Crippen molar-refractivity contribution < 1.29 is 4.39 Å². The number of rotatable bonds is 7. The number of halogens is 1. The topological polar surface area (TPSA) is 0 Å². The quantitative estimate of drug-likeness (QED) is 0.474. The van der Waals surface area contributed by atoms with Crippen molar-refractivity contribution >= 4 is 0 Å². The Hall–Kier alpha value is -1.63. The summed E-state index contributed by atoms with van der Waals surface area (Å²) in [4.78, 5) is 0. The molecular weight excluding hydrogens is 295 g/mol. The van der Waals surface area contributed by atoms with E-state index in [0.717, 1.165) is 24.7 Å². The summed E-state index contributed by atoms with van der Waals surface area (Å²) in [7, 11) is 0. The lowest BCUT2D eigenvalue weighted by molar-refractivity contribution is 0.300. The highest BCUT2D eigenvalue weighted by molar-refractivity contribution is 5.63. The molecule has 0 atom stereocenters. The van der Waals surface area contributed by atoms with E-state index in [2.05, 4.69) is 54.6 Å². The summed E-state index contributed by atoms with van der Waals surface area (Å²) in [5.74, 6) is 1.61. The normalized spacial score (nSPS) is 20.9. The standard InChI is InChI=1S/C23H29F/c24-18-6-2-3-7-19-10-12-21(13-11-19)23-16-14-22(15-17-23)20-8-4-1-5-9-20/h1,4-5,8-9,14-17,19,21H,2-3,6-7,10-13,18H2. The third kappa shape index (κ3) is 4.69. The maximum Gasteiger partial charge on any atom is 0.0894 e. The van der Waals surface area contributed by atoms with Gasteiger partial charge in [0, 0.05) is 0 Å². The summed E-state index contributed by atoms with van der Waals surface area (Å²) >= 11 is 0. The zero-order valence-electron chi connectivity index (χ0n) is 14.6. The van der Waals surface area contributed by atoms with Gasteiger partial charge in [0.2, 0.25) is 0 Å². The highest BCUT2D eigenvalue weighted by Crippen LogP contribution is 2.38. The van der Waals surface area contributed by atoms with Crippen molar-refractivity contribution in [2.75, 3.05) is 6.67 Å². The lowest BCUT2D eigenvalue weighted by atomic mass is 9.77. The Morgan fingerprint density at radius 1 is 0.708 bits per heavy atom. The summed E-state index contributed by atoms with van der Waals surface area (Å²) in [5, 5.41) is 0. The molecule has 0 spiro atoms. The Balaban J connectivity index is 1.50. The van der Waals surface area contributed by atoms with E-state index in [1.807, 2.05) is 0 Å². The van der Waals surface area contributed by atoms with Crippen LogP contribution in [0.3, 0.4) is 0 Å². The van der Waals surface area contributed by atoms with E-state index in [-0.39, 0.29) is 6.67 Å². The summed E-state index contributed by atoms with van der Waals surface area (Å²) in [5.41, 5.74) is 4.10. The number of alkyl halides is 1. The molecule has 1 fully saturated rings. The minimum absolute atomic E-state index is 0.147. The number of benzene rings is 2. The second-order valence-electron chi connectivity index (χ2n) is 7.24. The Morgan fingerprint density at radius 2 is 1.38 bits per heavy atom. The van der Waals surface area contributed by atoms with E-state index >= 15 is 0 Å². The maximum atomic E-state index is 12.1. The van der Waals surface area contributed by atoms with Crippen LogP contribution >= 0.6 is 0 Å². The van der Waals surface area contributed by atoms with Gasteiger partial charge in [-0.3, -0.25) is 4.39 Å². The van der Waals surface area contributed by atoms with Gasteiger partial charge in [0.1, 0.15) is 0 Å². The molecule has 0 aliphatic heterocycles. The predicted octanol–water partition coefficient (Wildman–Crippen LogP) is 7.16. The minimum atomic E-state index is -0.147. The Bertz CT molecular complexity index is 579. The number of unbranched alkanes of at least 4 members (excludes halogenated alkanes) is 2. The fourth-order valence-corrected chi connectivity index (χ4v) is 4.07. The largest absolute Gasteiger partial charge is 0.251 e. The molecule has 1 heteroatoms. The third-order valence-electron chi connectivity index (χ3n) is 5.58. The van der Waals surface area contributed by atoms with Crippen molar-refractivity contribution in [2.45, 2.75) is 57.3 Å². The SMILES string of the molecule is FCCCCCC1CCC(c2ccc(-c3ccccc3)cc2)CC1. The summed E-state index contributed by atoms with van der Waals surface area (Å²) in [6, 6.07) is 19.8. The van der Waals surface area contributed by atoms with Crippen LogP contribution in [0.15, 0.2) is 54.6 Å². The second kappa shape index (κ2) is 9.01. The molecule has 0 heterocycles. The van der Waals surface area contributed by atoms with Crippen molar-refractivity contribution in [1.29, 1.82) is 0 Å². The fourth-order valence-electron chi connectivity index (χ4n) is 4.07. The first kappa shape index (κ1) is 17.2. The lowest BCUT2D eigenvalue weighted by Crippen LogP contribution is -2.13. The molecule has 1 aliphatic carbocycles. The minimum Gasteiger partial charge on any atom is -0.251 e. The third-order valence-corrected chi connectivity index (χ3v) is 5.58. The number of hydrogen-bond acceptors (Lipinski definition) is 0. The van der Waals surface area contributed by atoms with Crippen LogP contribution in [0.1, 0.15) is 62.8 Å². The molecule has 0 aromatic heterocycles. The monoisotopic (exact) mass is 324 g/mol. The Kier molecular flexibility index (Phi) is 6.46. The van der Waals surface area contributed by atoms with E-state index in [9.17, 15) is 4.39 Å². The van der Waals surface area contributed by atoms with E-state index in [4.69, 9.17) is 0 Å². The molecular formula is C23H29F. The zero-order chi connectivity index (χ0) is 16.6. The lowest BCUT2D eigenvalue weighted by Gasteiger charge is -2.29. The van der Waals surface area contributed by atoms with Gasteiger partial charge in [-0.15, -0.1) is 0 Å². The van der Waals surface area contributed by atoms with E-state index in [1.54, 1.807) is 0 Å². The molecule has 128 valence electrons. The molecule has 0 unspecified atom stereocenters. The van der Waals surface area contributed by atoms with Crippen LogP contribution in [-0.2, 0) is 0 Å². The molecule has 3 rings (SSSR count). The van der Waals surface area contributed by atoms with Crippen molar-refractivity contribution in [3.63, 3.8) is 0 Å². The molecule has 2 aromatic rings. The van der Waals surface area contributed by atoms with Gasteiger partial charge in [-0.1, -0.05) is 73.9 Å². The maximum absolute atomic E-state index is 12.1. The highest BCUT2D eigenvalue weighted by Gasteiger charge is 2.22. The van der Waals surface area contributed by atoms with Crippen LogP contribution in [0.25, 0.3) is 11.1 Å². The molecule has 0 amide bonds. The summed E-state index contributed by atoms with van der Waals surface area (Å²) in [6.45, 7) is -0.147. The molecule has 1 aliphatic rings. The van der Waals surface area contributed by atoms with Crippen molar-refractivity contribution in [3.05, 3.63) is 60.2 Å². The van der Waals surface area contributed by atoms with E-state index in [0.29, 0.717) is 0 Å². The molecule has 2 aromatic carbocycles. The van der Waals surface area contributed by atoms with Gasteiger partial charge in [-0.2, -0.15) is 0 Å². The van der Waals surface area contributed by atoms with Crippen LogP contribution in [0.5, 0.6) is 0 Å². The predicted molar refractivity (Wildman–Crippen MR) is 101 cm³/mol. The van der Waals surface area contributed by atoms with Gasteiger partial charge in [0.25, 0.3) is 0 Å². The van der Waals surface area contributed by atoms with Gasteiger partial charge < -0.3 is 0 Å². The Morgan fingerprint density at radius 3 is 2.04 bits per heavy atom. The number of hydrogen-bond donors (Lipinski definition) is 0. The molecule has 0 nitrogen and oxygen atoms in total. The molecule has 0 N–H and O–H groups in total. The van der Waals surface area contributed by atoms with Crippen molar-refractivity contribution in [3.8, 4) is 11.1 Å². The van der Waals surface area contributed by atoms with Crippen LogP contribution in [0.4, 0.5) is 4.39 Å². The smallest absolute Gasteiger partial charge is 0.0894 e. The van der Waals surface area contributed by atoms with Gasteiger partial charge in [-0.05, 0) is 60.6 Å². The van der Waals surface area contributed by atoms with Gasteiger partial charge in [0.05, 0.1) is 6.67 Å².